The number of rotatable bonds is 7. The van der Waals surface area contributed by atoms with Crippen LogP contribution in [0.5, 0.6) is 5.75 Å². The van der Waals surface area contributed by atoms with Crippen molar-refractivity contribution >= 4 is 27.3 Å². The molecule has 2 aromatic carbocycles. The van der Waals surface area contributed by atoms with Crippen LogP contribution in [0.4, 0.5) is 0 Å². The van der Waals surface area contributed by atoms with Gasteiger partial charge in [-0.1, -0.05) is 12.1 Å². The highest BCUT2D eigenvalue weighted by atomic mass is 32.1. The van der Waals surface area contributed by atoms with Crippen molar-refractivity contribution in [2.45, 2.75) is 33.4 Å². The van der Waals surface area contributed by atoms with Crippen molar-refractivity contribution in [2.75, 3.05) is 13.7 Å². The van der Waals surface area contributed by atoms with Crippen LogP contribution in [-0.4, -0.2) is 29.3 Å². The largest absolute Gasteiger partial charge is 0.494 e. The average molecular weight is 369 g/mol. The predicted octanol–water partition coefficient (Wildman–Crippen LogP) is 5.09. The van der Waals surface area contributed by atoms with Gasteiger partial charge in [-0.25, -0.2) is 4.98 Å². The van der Waals surface area contributed by atoms with E-state index in [0.29, 0.717) is 18.7 Å². The molecule has 0 radical (unpaired) electrons. The van der Waals surface area contributed by atoms with E-state index in [0.717, 1.165) is 21.8 Å². The Kier molecular flexibility index (Phi) is 5.69. The SMILES string of the molecule is CCOc1ccc(C(C)=O)cc1CN(C)[C@@H](C)c1nc2ccccc2s1. The highest BCUT2D eigenvalue weighted by Gasteiger charge is 2.18. The Morgan fingerprint density at radius 1 is 1.27 bits per heavy atom. The molecule has 1 aromatic heterocycles. The Labute approximate surface area is 158 Å². The Morgan fingerprint density at radius 2 is 2.04 bits per heavy atom. The number of carbonyl (C=O) groups excluding carboxylic acids is 1. The van der Waals surface area contributed by atoms with Gasteiger partial charge in [-0.3, -0.25) is 9.69 Å². The van der Waals surface area contributed by atoms with Gasteiger partial charge in [-0.2, -0.15) is 0 Å². The molecule has 136 valence electrons. The molecule has 26 heavy (non-hydrogen) atoms. The van der Waals surface area contributed by atoms with Crippen LogP contribution in [0.2, 0.25) is 0 Å². The Balaban J connectivity index is 1.84. The maximum Gasteiger partial charge on any atom is 0.159 e. The molecule has 0 amide bonds. The normalized spacial score (nSPS) is 12.5. The summed E-state index contributed by atoms with van der Waals surface area (Å²) in [5, 5.41) is 1.09. The van der Waals surface area contributed by atoms with Crippen LogP contribution in [0.25, 0.3) is 10.2 Å². The zero-order valence-electron chi connectivity index (χ0n) is 15.7. The molecule has 0 N–H and O–H groups in total. The van der Waals surface area contributed by atoms with E-state index in [2.05, 4.69) is 24.9 Å². The van der Waals surface area contributed by atoms with Crippen LogP contribution >= 0.6 is 11.3 Å². The molecule has 3 aromatic rings. The zero-order chi connectivity index (χ0) is 18.7. The summed E-state index contributed by atoms with van der Waals surface area (Å²) in [5.74, 6) is 0.900. The van der Waals surface area contributed by atoms with Crippen LogP contribution in [0, 0.1) is 0 Å². The van der Waals surface area contributed by atoms with Crippen LogP contribution in [-0.2, 0) is 6.54 Å². The van der Waals surface area contributed by atoms with E-state index >= 15 is 0 Å². The molecule has 0 fully saturated rings. The number of ketones is 1. The summed E-state index contributed by atoms with van der Waals surface area (Å²) in [4.78, 5) is 18.8. The molecule has 0 aliphatic heterocycles. The second-order valence-corrected chi connectivity index (χ2v) is 7.48. The lowest BCUT2D eigenvalue weighted by atomic mass is 10.1. The van der Waals surface area contributed by atoms with Crippen molar-refractivity contribution in [2.24, 2.45) is 0 Å². The lowest BCUT2D eigenvalue weighted by Gasteiger charge is -2.24. The molecule has 0 saturated carbocycles. The first-order chi connectivity index (χ1) is 12.5. The molecule has 0 bridgehead atoms. The molecule has 5 heteroatoms. The van der Waals surface area contributed by atoms with Gasteiger partial charge in [0.25, 0.3) is 0 Å². The van der Waals surface area contributed by atoms with Crippen molar-refractivity contribution in [1.82, 2.24) is 9.88 Å². The lowest BCUT2D eigenvalue weighted by Crippen LogP contribution is -2.22. The van der Waals surface area contributed by atoms with E-state index in [-0.39, 0.29) is 11.8 Å². The second kappa shape index (κ2) is 7.98. The lowest BCUT2D eigenvalue weighted by molar-refractivity contribution is 0.101. The first kappa shape index (κ1) is 18.5. The number of hydrogen-bond acceptors (Lipinski definition) is 5. The summed E-state index contributed by atoms with van der Waals surface area (Å²) in [6.45, 7) is 7.01. The number of hydrogen-bond donors (Lipinski definition) is 0. The van der Waals surface area contributed by atoms with Gasteiger partial charge in [-0.05, 0) is 58.2 Å². The summed E-state index contributed by atoms with van der Waals surface area (Å²) in [6.07, 6.45) is 0. The number of para-hydroxylation sites is 1. The monoisotopic (exact) mass is 368 g/mol. The number of nitrogens with zero attached hydrogens (tertiary/aromatic N) is 2. The van der Waals surface area contributed by atoms with Gasteiger partial charge in [-0.15, -0.1) is 11.3 Å². The minimum Gasteiger partial charge on any atom is -0.494 e. The van der Waals surface area contributed by atoms with Gasteiger partial charge in [0.2, 0.25) is 0 Å². The Bertz CT molecular complexity index is 886. The van der Waals surface area contributed by atoms with E-state index < -0.39 is 0 Å². The number of benzene rings is 2. The second-order valence-electron chi connectivity index (χ2n) is 6.42. The minimum absolute atomic E-state index is 0.0659. The summed E-state index contributed by atoms with van der Waals surface area (Å²) >= 11 is 1.73. The molecule has 1 heterocycles. The van der Waals surface area contributed by atoms with Crippen molar-refractivity contribution in [1.29, 1.82) is 0 Å². The van der Waals surface area contributed by atoms with Crippen molar-refractivity contribution in [3.63, 3.8) is 0 Å². The molecule has 0 spiro atoms. The number of ether oxygens (including phenoxy) is 1. The van der Waals surface area contributed by atoms with E-state index in [1.807, 2.05) is 43.3 Å². The highest BCUT2D eigenvalue weighted by molar-refractivity contribution is 7.18. The van der Waals surface area contributed by atoms with Crippen molar-refractivity contribution in [3.8, 4) is 5.75 Å². The maximum atomic E-state index is 11.7. The Hall–Kier alpha value is -2.24. The number of Topliss-reactive ketones (excluding diaryl/α,β-unsaturated/α-hetero) is 1. The molecular weight excluding hydrogens is 344 g/mol. The van der Waals surface area contributed by atoms with Crippen LogP contribution in [0.1, 0.15) is 47.7 Å². The van der Waals surface area contributed by atoms with Gasteiger partial charge in [0.15, 0.2) is 5.78 Å². The fourth-order valence-electron chi connectivity index (χ4n) is 2.88. The van der Waals surface area contributed by atoms with Gasteiger partial charge in [0, 0.05) is 17.7 Å². The fraction of sp³-hybridized carbons (Fsp3) is 0.333. The topological polar surface area (TPSA) is 42.4 Å². The highest BCUT2D eigenvalue weighted by Crippen LogP contribution is 2.31. The molecule has 1 atom stereocenters. The minimum atomic E-state index is 0.0659. The maximum absolute atomic E-state index is 11.7. The smallest absolute Gasteiger partial charge is 0.159 e. The third-order valence-corrected chi connectivity index (χ3v) is 5.72. The zero-order valence-corrected chi connectivity index (χ0v) is 16.5. The first-order valence-electron chi connectivity index (χ1n) is 8.82. The average Bonchev–Trinajstić information content (AvgIpc) is 3.06. The number of aromatic nitrogens is 1. The first-order valence-corrected chi connectivity index (χ1v) is 9.63. The number of fused-ring (bicyclic) bond motifs is 1. The van der Waals surface area contributed by atoms with E-state index in [1.165, 1.54) is 4.70 Å². The summed E-state index contributed by atoms with van der Waals surface area (Å²) < 4.78 is 6.96. The molecular formula is C21H24N2O2S. The molecule has 0 unspecified atom stereocenters. The number of thiazole rings is 1. The summed E-state index contributed by atoms with van der Waals surface area (Å²) in [6, 6.07) is 14.0. The Morgan fingerprint density at radius 3 is 2.73 bits per heavy atom. The fourth-order valence-corrected chi connectivity index (χ4v) is 3.97. The van der Waals surface area contributed by atoms with Crippen molar-refractivity contribution < 1.29 is 9.53 Å². The molecule has 4 nitrogen and oxygen atoms in total. The molecule has 0 aliphatic rings. The van der Waals surface area contributed by atoms with E-state index in [1.54, 1.807) is 18.3 Å². The van der Waals surface area contributed by atoms with Gasteiger partial charge < -0.3 is 4.74 Å². The number of carbonyl (C=O) groups is 1. The summed E-state index contributed by atoms with van der Waals surface area (Å²) in [5.41, 5.74) is 2.78. The van der Waals surface area contributed by atoms with E-state index in [9.17, 15) is 4.79 Å². The predicted molar refractivity (Wildman–Crippen MR) is 107 cm³/mol. The van der Waals surface area contributed by atoms with Gasteiger partial charge >= 0.3 is 0 Å². The van der Waals surface area contributed by atoms with Gasteiger partial charge in [0.1, 0.15) is 10.8 Å². The third-order valence-electron chi connectivity index (χ3n) is 4.52. The van der Waals surface area contributed by atoms with E-state index in [4.69, 9.17) is 9.72 Å². The van der Waals surface area contributed by atoms with Crippen molar-refractivity contribution in [3.05, 3.63) is 58.6 Å². The molecule has 0 aliphatic carbocycles. The molecule has 3 rings (SSSR count). The molecule has 0 saturated heterocycles. The van der Waals surface area contributed by atoms with Crippen LogP contribution < -0.4 is 4.74 Å². The quantitative estimate of drug-likeness (QED) is 0.545. The third kappa shape index (κ3) is 3.94. The van der Waals surface area contributed by atoms with Crippen LogP contribution in [0.15, 0.2) is 42.5 Å². The van der Waals surface area contributed by atoms with Gasteiger partial charge in [0.05, 0.1) is 22.9 Å². The van der Waals surface area contributed by atoms with Crippen LogP contribution in [0.3, 0.4) is 0 Å². The standard InChI is InChI=1S/C21H24N2O2S/c1-5-25-19-11-10-16(15(3)24)12-17(19)13-23(4)14(2)21-22-18-8-6-7-9-20(18)26-21/h6-12,14H,5,13H2,1-4H3/t14-/m0/s1. The summed E-state index contributed by atoms with van der Waals surface area (Å²) in [7, 11) is 2.08.